The molecule has 0 aliphatic carbocycles. The Morgan fingerprint density at radius 3 is 2.23 bits per heavy atom. The first-order valence-corrected chi connectivity index (χ1v) is 4.88. The number of hydrogen-bond acceptors (Lipinski definition) is 3. The first-order chi connectivity index (χ1) is 6.13. The van der Waals surface area contributed by atoms with Gasteiger partial charge in [0.1, 0.15) is 6.61 Å². The van der Waals surface area contributed by atoms with Crippen LogP contribution in [0.1, 0.15) is 46.0 Å². The zero-order valence-corrected chi connectivity index (χ0v) is 8.45. The molecule has 0 aromatic heterocycles. The van der Waals surface area contributed by atoms with E-state index in [0.29, 0.717) is 12.8 Å². The molecule has 1 unspecified atom stereocenters. The molecule has 4 heteroatoms. The van der Waals surface area contributed by atoms with Crippen molar-refractivity contribution in [1.29, 1.82) is 0 Å². The second kappa shape index (κ2) is 5.91. The van der Waals surface area contributed by atoms with Crippen LogP contribution in [0, 0.1) is 10.1 Å². The molecule has 0 heterocycles. The second-order valence-corrected chi connectivity index (χ2v) is 3.49. The minimum Gasteiger partial charge on any atom is -0.389 e. The lowest BCUT2D eigenvalue weighted by atomic mass is 9.89. The monoisotopic (exact) mass is 189 g/mol. The summed E-state index contributed by atoms with van der Waals surface area (Å²) < 4.78 is 0. The minimum absolute atomic E-state index is 0.313. The molecule has 78 valence electrons. The van der Waals surface area contributed by atoms with Crippen LogP contribution < -0.4 is 0 Å². The topological polar surface area (TPSA) is 63.4 Å². The van der Waals surface area contributed by atoms with Crippen molar-refractivity contribution in [3.63, 3.8) is 0 Å². The van der Waals surface area contributed by atoms with Crippen molar-refractivity contribution in [1.82, 2.24) is 0 Å². The Balaban J connectivity index is 4.35. The van der Waals surface area contributed by atoms with Gasteiger partial charge < -0.3 is 5.11 Å². The van der Waals surface area contributed by atoms with E-state index in [-0.39, 0.29) is 11.5 Å². The summed E-state index contributed by atoms with van der Waals surface area (Å²) >= 11 is 0. The van der Waals surface area contributed by atoms with Gasteiger partial charge in [0.25, 0.3) is 0 Å². The Morgan fingerprint density at radius 1 is 1.31 bits per heavy atom. The number of aliphatic hydroxyl groups excluding tert-OH is 1. The Kier molecular flexibility index (Phi) is 5.62. The first-order valence-electron chi connectivity index (χ1n) is 4.88. The summed E-state index contributed by atoms with van der Waals surface area (Å²) in [6.07, 6.45) is 3.43. The summed E-state index contributed by atoms with van der Waals surface area (Å²) in [6, 6.07) is 0. The van der Waals surface area contributed by atoms with E-state index in [1.54, 1.807) is 0 Å². The summed E-state index contributed by atoms with van der Waals surface area (Å²) in [6.45, 7) is 3.56. The predicted molar refractivity (Wildman–Crippen MR) is 51.2 cm³/mol. The van der Waals surface area contributed by atoms with E-state index in [2.05, 4.69) is 0 Å². The summed E-state index contributed by atoms with van der Waals surface area (Å²) in [5.41, 5.74) is -1.08. The zero-order chi connectivity index (χ0) is 10.3. The average Bonchev–Trinajstić information content (AvgIpc) is 2.12. The molecule has 0 fully saturated rings. The molecular formula is C9H19NO3. The van der Waals surface area contributed by atoms with E-state index < -0.39 is 5.54 Å². The Hall–Kier alpha value is -0.640. The molecule has 0 aliphatic rings. The molecule has 0 radical (unpaired) electrons. The van der Waals surface area contributed by atoms with Gasteiger partial charge in [-0.1, -0.05) is 20.3 Å². The van der Waals surface area contributed by atoms with E-state index in [9.17, 15) is 10.1 Å². The van der Waals surface area contributed by atoms with Gasteiger partial charge in [0.2, 0.25) is 5.54 Å². The highest BCUT2D eigenvalue weighted by atomic mass is 16.6. The van der Waals surface area contributed by atoms with Crippen LogP contribution in [0.15, 0.2) is 0 Å². The number of unbranched alkanes of at least 4 members (excludes halogenated alkanes) is 1. The van der Waals surface area contributed by atoms with Gasteiger partial charge in [-0.25, -0.2) is 0 Å². The van der Waals surface area contributed by atoms with Crippen molar-refractivity contribution >= 4 is 0 Å². The third kappa shape index (κ3) is 3.30. The van der Waals surface area contributed by atoms with E-state index >= 15 is 0 Å². The molecule has 0 amide bonds. The zero-order valence-electron chi connectivity index (χ0n) is 8.45. The van der Waals surface area contributed by atoms with Crippen LogP contribution >= 0.6 is 0 Å². The lowest BCUT2D eigenvalue weighted by Crippen LogP contribution is -2.42. The Morgan fingerprint density at radius 2 is 1.92 bits per heavy atom. The van der Waals surface area contributed by atoms with Gasteiger partial charge in [-0.3, -0.25) is 10.1 Å². The van der Waals surface area contributed by atoms with Crippen LogP contribution in [0.25, 0.3) is 0 Å². The quantitative estimate of drug-likeness (QED) is 0.492. The third-order valence-corrected chi connectivity index (χ3v) is 2.39. The van der Waals surface area contributed by atoms with Gasteiger partial charge in [-0.05, 0) is 12.8 Å². The van der Waals surface area contributed by atoms with Gasteiger partial charge in [-0.2, -0.15) is 0 Å². The molecule has 0 aromatic rings. The van der Waals surface area contributed by atoms with Gasteiger partial charge in [0.05, 0.1) is 0 Å². The van der Waals surface area contributed by atoms with Crippen LogP contribution in [0.3, 0.4) is 0 Å². The van der Waals surface area contributed by atoms with Crippen molar-refractivity contribution < 1.29 is 10.0 Å². The highest BCUT2D eigenvalue weighted by molar-refractivity contribution is 4.77. The average molecular weight is 189 g/mol. The Labute approximate surface area is 79.1 Å². The molecule has 0 aromatic carbocycles. The molecule has 0 aliphatic heterocycles. The van der Waals surface area contributed by atoms with Gasteiger partial charge >= 0.3 is 0 Å². The molecule has 1 atom stereocenters. The van der Waals surface area contributed by atoms with Crippen molar-refractivity contribution in [3.05, 3.63) is 10.1 Å². The number of rotatable bonds is 7. The van der Waals surface area contributed by atoms with Crippen molar-refractivity contribution in [2.45, 2.75) is 51.5 Å². The molecule has 0 saturated carbocycles. The third-order valence-electron chi connectivity index (χ3n) is 2.39. The number of aliphatic hydroxyl groups is 1. The molecule has 0 bridgehead atoms. The summed E-state index contributed by atoms with van der Waals surface area (Å²) in [5, 5.41) is 19.9. The number of hydrogen-bond donors (Lipinski definition) is 1. The molecule has 13 heavy (non-hydrogen) atoms. The van der Waals surface area contributed by atoms with Crippen molar-refractivity contribution in [2.75, 3.05) is 6.61 Å². The highest BCUT2D eigenvalue weighted by Crippen LogP contribution is 2.23. The lowest BCUT2D eigenvalue weighted by Gasteiger charge is -2.22. The van der Waals surface area contributed by atoms with Crippen molar-refractivity contribution in [3.8, 4) is 0 Å². The molecular weight excluding hydrogens is 170 g/mol. The second-order valence-electron chi connectivity index (χ2n) is 3.49. The smallest absolute Gasteiger partial charge is 0.244 e. The van der Waals surface area contributed by atoms with E-state index in [0.717, 1.165) is 19.3 Å². The van der Waals surface area contributed by atoms with E-state index in [4.69, 9.17) is 5.11 Å². The molecule has 4 nitrogen and oxygen atoms in total. The predicted octanol–water partition coefficient (Wildman–Crippen LogP) is 1.98. The Bertz CT molecular complexity index is 161. The van der Waals surface area contributed by atoms with Crippen LogP contribution in [0.2, 0.25) is 0 Å². The fourth-order valence-electron chi connectivity index (χ4n) is 1.49. The number of nitrogens with zero attached hydrogens (tertiary/aromatic N) is 1. The maximum Gasteiger partial charge on any atom is 0.244 e. The fraction of sp³-hybridized carbons (Fsp3) is 1.00. The highest BCUT2D eigenvalue weighted by Gasteiger charge is 2.40. The first kappa shape index (κ1) is 12.4. The van der Waals surface area contributed by atoms with Crippen LogP contribution in [0.5, 0.6) is 0 Å². The summed E-state index contributed by atoms with van der Waals surface area (Å²) in [7, 11) is 0. The maximum atomic E-state index is 10.8. The molecule has 0 saturated heterocycles. The van der Waals surface area contributed by atoms with Gasteiger partial charge in [-0.15, -0.1) is 0 Å². The lowest BCUT2D eigenvalue weighted by molar-refractivity contribution is -0.576. The van der Waals surface area contributed by atoms with Crippen LogP contribution in [0.4, 0.5) is 0 Å². The maximum absolute atomic E-state index is 10.8. The van der Waals surface area contributed by atoms with E-state index in [1.807, 2.05) is 13.8 Å². The summed E-state index contributed by atoms with van der Waals surface area (Å²) in [4.78, 5) is 10.5. The number of nitro groups is 1. The largest absolute Gasteiger partial charge is 0.389 e. The molecule has 1 N–H and O–H groups in total. The van der Waals surface area contributed by atoms with Crippen molar-refractivity contribution in [2.24, 2.45) is 0 Å². The molecule has 0 rings (SSSR count). The van der Waals surface area contributed by atoms with Gasteiger partial charge in [0, 0.05) is 17.8 Å². The normalized spacial score (nSPS) is 15.3. The fourth-order valence-corrected chi connectivity index (χ4v) is 1.49. The van der Waals surface area contributed by atoms with Crippen LogP contribution in [-0.2, 0) is 0 Å². The van der Waals surface area contributed by atoms with Crippen LogP contribution in [-0.4, -0.2) is 22.2 Å². The SMILES string of the molecule is CCCCC(CO)(CCC)[N+](=O)[O-]. The minimum atomic E-state index is -1.08. The summed E-state index contributed by atoms with van der Waals surface area (Å²) in [5.74, 6) is 0. The standard InChI is InChI=1S/C9H19NO3/c1-3-5-7-9(8-11,6-4-2)10(12)13/h11H,3-8H2,1-2H3. The molecule has 0 spiro atoms. The van der Waals surface area contributed by atoms with Gasteiger partial charge in [0.15, 0.2) is 0 Å². The van der Waals surface area contributed by atoms with E-state index in [1.165, 1.54) is 0 Å².